The monoisotopic (exact) mass is 868 g/mol. The number of hydrogen-bond donors (Lipinski definition) is 7. The molecule has 0 aliphatic carbocycles. The van der Waals surface area contributed by atoms with E-state index in [1.165, 1.54) is 32.1 Å². The molecule has 6 atom stereocenters. The number of esters is 2. The van der Waals surface area contributed by atoms with Crippen LogP contribution in [0.15, 0.2) is 0 Å². The van der Waals surface area contributed by atoms with Crippen molar-refractivity contribution in [3.05, 3.63) is 0 Å². The summed E-state index contributed by atoms with van der Waals surface area (Å²) in [6.45, 7) is 20.7. The smallest absolute Gasteiger partial charge is 0.313 e. The van der Waals surface area contributed by atoms with Gasteiger partial charge in [0.05, 0.1) is 0 Å². The second-order valence-corrected chi connectivity index (χ2v) is 16.0. The van der Waals surface area contributed by atoms with E-state index in [4.69, 9.17) is 9.84 Å². The standard InChI is InChI=1S/C22H40O5.3C8H19NO2/c1-2-3-4-5-6-9-12-15-18-21(25)27-22(26)19-16-13-10-7-8-11-14-17-20(23)24;3*1-4-5-6-9(7(2)10)8(3)11/h2-19H2,1H3,(H,23,24);3*7-8,10-11H,4-6H2,1-3H3. The molecule has 0 bridgehead atoms. The van der Waals surface area contributed by atoms with Crippen LogP contribution in [-0.2, 0) is 19.1 Å². The molecule has 60 heavy (non-hydrogen) atoms. The molecular formula is C46H97N3O11. The van der Waals surface area contributed by atoms with Gasteiger partial charge in [0, 0.05) is 38.9 Å². The number of carboxylic acids is 1. The number of nitrogens with zero attached hydrogens (tertiary/aromatic N) is 3. The average molecular weight is 868 g/mol. The van der Waals surface area contributed by atoms with Crippen molar-refractivity contribution in [2.45, 2.75) is 261 Å². The molecule has 0 heterocycles. The second kappa shape index (κ2) is 46.7. The minimum Gasteiger partial charge on any atom is -0.481 e. The number of unbranched alkanes of at least 4 members (excludes halogenated alkanes) is 16. The van der Waals surface area contributed by atoms with Crippen molar-refractivity contribution in [1.29, 1.82) is 0 Å². The van der Waals surface area contributed by atoms with E-state index in [9.17, 15) is 45.0 Å². The molecule has 0 aromatic rings. The Balaban J connectivity index is -0.000000392. The predicted molar refractivity (Wildman–Crippen MR) is 242 cm³/mol. The summed E-state index contributed by atoms with van der Waals surface area (Å²) in [4.78, 5) is 38.6. The molecule has 0 spiro atoms. The van der Waals surface area contributed by atoms with E-state index in [0.717, 1.165) is 122 Å². The zero-order valence-corrected chi connectivity index (χ0v) is 40.2. The molecule has 0 amide bonds. The predicted octanol–water partition coefficient (Wildman–Crippen LogP) is 8.48. The zero-order valence-electron chi connectivity index (χ0n) is 40.2. The largest absolute Gasteiger partial charge is 0.481 e. The molecule has 0 aliphatic rings. The molecule has 0 rings (SSSR count). The van der Waals surface area contributed by atoms with E-state index in [1.54, 1.807) is 56.2 Å². The quantitative estimate of drug-likeness (QED) is 0.0140. The minimum atomic E-state index is -0.731. The number of ether oxygens (including phenoxy) is 1. The third kappa shape index (κ3) is 47.3. The van der Waals surface area contributed by atoms with Crippen molar-refractivity contribution in [2.75, 3.05) is 19.6 Å². The lowest BCUT2D eigenvalue weighted by atomic mass is 10.1. The number of rotatable bonds is 34. The van der Waals surface area contributed by atoms with Crippen LogP contribution in [0.4, 0.5) is 0 Å². The number of hydrogen-bond acceptors (Lipinski definition) is 13. The summed E-state index contributed by atoms with van der Waals surface area (Å²) in [6, 6.07) is 0. The van der Waals surface area contributed by atoms with Crippen LogP contribution < -0.4 is 0 Å². The van der Waals surface area contributed by atoms with Gasteiger partial charge < -0.3 is 40.5 Å². The lowest BCUT2D eigenvalue weighted by molar-refractivity contribution is -0.159. The summed E-state index contributed by atoms with van der Waals surface area (Å²) in [6.07, 6.45) is 19.7. The fourth-order valence-electron chi connectivity index (χ4n) is 6.14. The second-order valence-electron chi connectivity index (χ2n) is 16.0. The van der Waals surface area contributed by atoms with Crippen molar-refractivity contribution >= 4 is 17.9 Å². The fraction of sp³-hybridized carbons (Fsp3) is 0.935. The highest BCUT2D eigenvalue weighted by atomic mass is 16.6. The number of aliphatic hydroxyl groups is 6. The molecule has 14 nitrogen and oxygen atoms in total. The Kier molecular flexibility index (Phi) is 50.5. The summed E-state index contributed by atoms with van der Waals surface area (Å²) >= 11 is 0. The van der Waals surface area contributed by atoms with Crippen LogP contribution in [0.5, 0.6) is 0 Å². The van der Waals surface area contributed by atoms with Gasteiger partial charge in [0.25, 0.3) is 0 Å². The summed E-state index contributed by atoms with van der Waals surface area (Å²) in [7, 11) is 0. The van der Waals surface area contributed by atoms with Gasteiger partial charge in [-0.1, -0.05) is 124 Å². The average Bonchev–Trinajstić information content (AvgIpc) is 3.15. The Morgan fingerprint density at radius 2 is 0.583 bits per heavy atom. The molecule has 7 N–H and O–H groups in total. The maximum Gasteiger partial charge on any atom is 0.313 e. The van der Waals surface area contributed by atoms with E-state index in [-0.39, 0.29) is 12.4 Å². The summed E-state index contributed by atoms with van der Waals surface area (Å²) in [5, 5.41) is 63.6. The van der Waals surface area contributed by atoms with Crippen LogP contribution in [0.1, 0.15) is 223 Å². The number of aliphatic carboxylic acids is 1. The van der Waals surface area contributed by atoms with Gasteiger partial charge >= 0.3 is 17.9 Å². The Morgan fingerprint density at radius 3 is 0.800 bits per heavy atom. The molecule has 0 aromatic carbocycles. The van der Waals surface area contributed by atoms with Gasteiger partial charge in [-0.05, 0) is 80.1 Å². The van der Waals surface area contributed by atoms with Crippen molar-refractivity contribution in [1.82, 2.24) is 14.7 Å². The summed E-state index contributed by atoms with van der Waals surface area (Å²) in [5.74, 6) is -1.52. The Hall–Kier alpha value is -1.75. The maximum absolute atomic E-state index is 11.6. The first-order valence-corrected chi connectivity index (χ1v) is 23.6. The summed E-state index contributed by atoms with van der Waals surface area (Å²) in [5.41, 5.74) is 0. The van der Waals surface area contributed by atoms with Crippen molar-refractivity contribution < 1.29 is 54.9 Å². The molecule has 0 aromatic heterocycles. The lowest BCUT2D eigenvalue weighted by Crippen LogP contribution is -2.40. The molecule has 6 unspecified atom stereocenters. The van der Waals surface area contributed by atoms with Gasteiger partial charge in [-0.25, -0.2) is 0 Å². The molecule has 0 fully saturated rings. The normalized spacial score (nSPS) is 14.1. The number of carbonyl (C=O) groups excluding carboxylic acids is 2. The van der Waals surface area contributed by atoms with Crippen LogP contribution in [0.3, 0.4) is 0 Å². The van der Waals surface area contributed by atoms with Crippen molar-refractivity contribution in [3.63, 3.8) is 0 Å². The van der Waals surface area contributed by atoms with Crippen LogP contribution in [-0.4, -0.2) is 125 Å². The SMILES string of the molecule is CCCCCCCCCCC(=O)OC(=O)CCCCCCCCCC(=O)O.CCCCN(C(C)O)C(C)O.CCCCN(C(C)O)C(C)O.CCCCN(C(C)O)C(C)O. The van der Waals surface area contributed by atoms with Crippen LogP contribution in [0, 0.1) is 0 Å². The minimum absolute atomic E-state index is 0.249. The molecule has 0 saturated carbocycles. The number of carbonyl (C=O) groups is 3. The van der Waals surface area contributed by atoms with Crippen LogP contribution >= 0.6 is 0 Å². The Bertz CT molecular complexity index is 856. The molecule has 362 valence electrons. The summed E-state index contributed by atoms with van der Waals surface area (Å²) < 4.78 is 4.86. The zero-order chi connectivity index (χ0) is 46.7. The van der Waals surface area contributed by atoms with E-state index in [0.29, 0.717) is 12.8 Å². The van der Waals surface area contributed by atoms with Crippen LogP contribution in [0.2, 0.25) is 0 Å². The van der Waals surface area contributed by atoms with Crippen LogP contribution in [0.25, 0.3) is 0 Å². The number of carboxylic acid groups (broad SMARTS) is 1. The fourth-order valence-corrected chi connectivity index (χ4v) is 6.14. The number of aliphatic hydroxyl groups excluding tert-OH is 6. The Morgan fingerprint density at radius 1 is 0.367 bits per heavy atom. The molecule has 0 aliphatic heterocycles. The van der Waals surface area contributed by atoms with E-state index in [1.807, 2.05) is 0 Å². The Labute approximate surface area is 367 Å². The van der Waals surface area contributed by atoms with Gasteiger partial charge in [-0.3, -0.25) is 29.1 Å². The van der Waals surface area contributed by atoms with E-state index < -0.39 is 49.3 Å². The highest BCUT2D eigenvalue weighted by Crippen LogP contribution is 2.12. The first-order chi connectivity index (χ1) is 28.3. The van der Waals surface area contributed by atoms with Crippen molar-refractivity contribution in [3.8, 4) is 0 Å². The first-order valence-electron chi connectivity index (χ1n) is 23.6. The van der Waals surface area contributed by atoms with Gasteiger partial charge in [-0.15, -0.1) is 0 Å². The lowest BCUT2D eigenvalue weighted by Gasteiger charge is -2.27. The highest BCUT2D eigenvalue weighted by Gasteiger charge is 2.16. The van der Waals surface area contributed by atoms with Gasteiger partial charge in [-0.2, -0.15) is 0 Å². The topological polar surface area (TPSA) is 212 Å². The van der Waals surface area contributed by atoms with Gasteiger partial charge in [0.2, 0.25) is 0 Å². The maximum atomic E-state index is 11.6. The first kappa shape index (κ1) is 64.9. The third-order valence-electron chi connectivity index (χ3n) is 9.92. The van der Waals surface area contributed by atoms with E-state index >= 15 is 0 Å². The van der Waals surface area contributed by atoms with E-state index in [2.05, 4.69) is 27.7 Å². The van der Waals surface area contributed by atoms with Crippen molar-refractivity contribution in [2.24, 2.45) is 0 Å². The highest BCUT2D eigenvalue weighted by molar-refractivity contribution is 5.85. The molecule has 0 saturated heterocycles. The molecule has 14 heteroatoms. The van der Waals surface area contributed by atoms with Gasteiger partial charge in [0.1, 0.15) is 37.4 Å². The third-order valence-corrected chi connectivity index (χ3v) is 9.92. The van der Waals surface area contributed by atoms with Gasteiger partial charge in [0.15, 0.2) is 0 Å². The molecular weight excluding hydrogens is 771 g/mol. The molecule has 0 radical (unpaired) electrons.